The van der Waals surface area contributed by atoms with Crippen molar-refractivity contribution in [1.29, 1.82) is 0 Å². The summed E-state index contributed by atoms with van der Waals surface area (Å²) < 4.78 is 3.81. The highest BCUT2D eigenvalue weighted by Crippen LogP contribution is 2.25. The first-order chi connectivity index (χ1) is 28.8. The van der Waals surface area contributed by atoms with E-state index in [9.17, 15) is 0 Å². The Morgan fingerprint density at radius 2 is 0.333 bits per heavy atom. The minimum atomic E-state index is 1.13. The highest BCUT2D eigenvalue weighted by molar-refractivity contribution is 5.48. The Bertz CT molecular complexity index is 2110. The van der Waals surface area contributed by atoms with Gasteiger partial charge >= 0.3 is 0 Å². The SMILES string of the molecule is Cc1c(C)c(C)c(C)c(C)c1C.Cc1nc(C)c(C)c(C)c1C.Cc1nc(C)c(C)c(C)c1C.Cc1nc(C)c(C)c(C)c1C.Cc1nn(C)c(C)c1C.Cc1nn(C)c(C)c1C. The van der Waals surface area contributed by atoms with Gasteiger partial charge in [0.1, 0.15) is 0 Å². The van der Waals surface area contributed by atoms with E-state index in [1.807, 2.05) is 37.3 Å². The largest absolute Gasteiger partial charge is 0.272 e. The number of pyridine rings is 3. The normalized spacial score (nSPS) is 10.3. The van der Waals surface area contributed by atoms with Crippen molar-refractivity contribution in [2.45, 2.75) is 187 Å². The van der Waals surface area contributed by atoms with E-state index in [1.165, 1.54) is 106 Å². The number of hydrogen-bond donors (Lipinski definition) is 0. The molecule has 0 bridgehead atoms. The first-order valence-corrected chi connectivity index (χ1v) is 22.5. The van der Waals surface area contributed by atoms with Gasteiger partial charge in [-0.1, -0.05) is 0 Å². The highest BCUT2D eigenvalue weighted by Gasteiger charge is 2.09. The monoisotopic (exact) mass is 858 g/mol. The lowest BCUT2D eigenvalue weighted by Gasteiger charge is -2.15. The lowest BCUT2D eigenvalue weighted by atomic mass is 9.90. The molecule has 0 aliphatic carbocycles. The molecule has 0 aliphatic heterocycles. The van der Waals surface area contributed by atoms with Crippen molar-refractivity contribution in [3.63, 3.8) is 0 Å². The molecular weight excluding hydrogens is 771 g/mol. The van der Waals surface area contributed by atoms with Gasteiger partial charge < -0.3 is 0 Å². The molecule has 5 heterocycles. The van der Waals surface area contributed by atoms with Crippen molar-refractivity contribution in [1.82, 2.24) is 34.5 Å². The molecule has 7 heteroatoms. The maximum Gasteiger partial charge on any atom is 0.0625 e. The molecule has 0 N–H and O–H groups in total. The van der Waals surface area contributed by atoms with Crippen LogP contribution >= 0.6 is 0 Å². The Labute approximate surface area is 385 Å². The van der Waals surface area contributed by atoms with Gasteiger partial charge in [-0.2, -0.15) is 10.2 Å². The van der Waals surface area contributed by atoms with E-state index >= 15 is 0 Å². The molecule has 0 radical (unpaired) electrons. The maximum atomic E-state index is 4.43. The summed E-state index contributed by atoms with van der Waals surface area (Å²) in [5.41, 5.74) is 35.2. The number of benzene rings is 1. The van der Waals surface area contributed by atoms with E-state index in [0.717, 1.165) is 45.6 Å². The van der Waals surface area contributed by atoms with Crippen LogP contribution in [0.15, 0.2) is 0 Å². The topological polar surface area (TPSA) is 74.3 Å². The van der Waals surface area contributed by atoms with Gasteiger partial charge in [0.25, 0.3) is 0 Å². The summed E-state index contributed by atoms with van der Waals surface area (Å²) in [6.07, 6.45) is 0. The van der Waals surface area contributed by atoms with Crippen LogP contribution < -0.4 is 0 Å². The summed E-state index contributed by atoms with van der Waals surface area (Å²) in [6.45, 7) is 57.3. The van der Waals surface area contributed by atoms with Crippen LogP contribution in [0, 0.1) is 187 Å². The third-order valence-electron chi connectivity index (χ3n) is 14.8. The summed E-state index contributed by atoms with van der Waals surface area (Å²) in [4.78, 5) is 13.3. The van der Waals surface area contributed by atoms with Gasteiger partial charge in [-0.3, -0.25) is 24.3 Å². The van der Waals surface area contributed by atoms with Crippen LogP contribution in [0.4, 0.5) is 0 Å². The van der Waals surface area contributed by atoms with E-state index in [1.54, 1.807) is 0 Å². The molecule has 6 aromatic rings. The van der Waals surface area contributed by atoms with Crippen LogP contribution in [-0.2, 0) is 14.1 Å². The summed E-state index contributed by atoms with van der Waals surface area (Å²) in [5.74, 6) is 0. The second kappa shape index (κ2) is 23.7. The summed E-state index contributed by atoms with van der Waals surface area (Å²) in [6, 6.07) is 0. The van der Waals surface area contributed by atoms with E-state index in [4.69, 9.17) is 0 Å². The molecule has 7 nitrogen and oxygen atoms in total. The standard InChI is InChI=1S/C12H18.3C10H15N.2C7H12N2/c1-7-8(2)10(4)12(6)11(5)9(7)3;3*1-6-7(2)9(4)11-10(5)8(6)3;2*1-5-6(2)8-9(4)7(5)3/h1-6H3;3*1-5H3;2*1-4H3. The van der Waals surface area contributed by atoms with Gasteiger partial charge in [0.2, 0.25) is 0 Å². The smallest absolute Gasteiger partial charge is 0.0625 e. The maximum absolute atomic E-state index is 4.43. The molecule has 0 atom stereocenters. The first-order valence-electron chi connectivity index (χ1n) is 22.5. The van der Waals surface area contributed by atoms with Crippen LogP contribution in [0.5, 0.6) is 0 Å². The molecule has 0 amide bonds. The quantitative estimate of drug-likeness (QED) is 0.152. The minimum absolute atomic E-state index is 1.13. The third-order valence-corrected chi connectivity index (χ3v) is 14.8. The second-order valence-electron chi connectivity index (χ2n) is 18.1. The van der Waals surface area contributed by atoms with E-state index < -0.39 is 0 Å². The lowest BCUT2D eigenvalue weighted by molar-refractivity contribution is 0.730. The van der Waals surface area contributed by atoms with Crippen LogP contribution in [-0.4, -0.2) is 34.5 Å². The van der Waals surface area contributed by atoms with Crippen molar-refractivity contribution in [2.24, 2.45) is 14.1 Å². The van der Waals surface area contributed by atoms with Gasteiger partial charge in [-0.05, 0) is 282 Å². The fourth-order valence-electron chi connectivity index (χ4n) is 7.18. The highest BCUT2D eigenvalue weighted by atomic mass is 15.3. The molecule has 346 valence electrons. The fourth-order valence-corrected chi connectivity index (χ4v) is 7.18. The third kappa shape index (κ3) is 14.0. The number of nitrogens with zero attached hydrogens (tertiary/aromatic N) is 7. The summed E-state index contributed by atoms with van der Waals surface area (Å²) in [5, 5.41) is 8.45. The van der Waals surface area contributed by atoms with E-state index in [-0.39, 0.29) is 0 Å². The zero-order valence-corrected chi connectivity index (χ0v) is 45.6. The number of aryl methyl sites for hydroxylation is 10. The average molecular weight is 858 g/mol. The van der Waals surface area contributed by atoms with Crippen molar-refractivity contribution >= 4 is 0 Å². The molecule has 6 rings (SSSR count). The molecule has 63 heavy (non-hydrogen) atoms. The Morgan fingerprint density at radius 1 is 0.190 bits per heavy atom. The lowest BCUT2D eigenvalue weighted by Crippen LogP contribution is -1.98. The van der Waals surface area contributed by atoms with Gasteiger partial charge in [0, 0.05) is 59.6 Å². The minimum Gasteiger partial charge on any atom is -0.272 e. The molecule has 0 unspecified atom stereocenters. The fraction of sp³-hybridized carbons (Fsp3) is 0.518. The number of hydrogen-bond acceptors (Lipinski definition) is 5. The Morgan fingerprint density at radius 3 is 0.429 bits per heavy atom. The predicted molar refractivity (Wildman–Crippen MR) is 273 cm³/mol. The van der Waals surface area contributed by atoms with Crippen molar-refractivity contribution in [2.75, 3.05) is 0 Å². The van der Waals surface area contributed by atoms with Crippen LogP contribution in [0.3, 0.4) is 0 Å². The molecule has 0 aliphatic rings. The Kier molecular flexibility index (Phi) is 21.1. The van der Waals surface area contributed by atoms with Crippen molar-refractivity contribution in [3.8, 4) is 0 Å². The zero-order valence-electron chi connectivity index (χ0n) is 45.6. The van der Waals surface area contributed by atoms with Crippen LogP contribution in [0.1, 0.15) is 152 Å². The molecule has 0 fully saturated rings. The predicted octanol–water partition coefficient (Wildman–Crippen LogP) is 14.1. The zero-order chi connectivity index (χ0) is 49.3. The van der Waals surface area contributed by atoms with Gasteiger partial charge in [-0.15, -0.1) is 0 Å². The Hall–Kier alpha value is -4.91. The van der Waals surface area contributed by atoms with E-state index in [2.05, 4.69) is 198 Å². The molecule has 1 aromatic carbocycles. The van der Waals surface area contributed by atoms with Crippen molar-refractivity contribution < 1.29 is 0 Å². The van der Waals surface area contributed by atoms with Gasteiger partial charge in [0.05, 0.1) is 11.4 Å². The molecule has 0 saturated carbocycles. The van der Waals surface area contributed by atoms with E-state index in [0.29, 0.717) is 0 Å². The number of aromatic nitrogens is 7. The average Bonchev–Trinajstić information content (AvgIpc) is 3.60. The number of rotatable bonds is 0. The molecule has 0 spiro atoms. The summed E-state index contributed by atoms with van der Waals surface area (Å²) >= 11 is 0. The first kappa shape index (κ1) is 56.1. The van der Waals surface area contributed by atoms with Gasteiger partial charge in [-0.25, -0.2) is 0 Å². The van der Waals surface area contributed by atoms with Crippen LogP contribution in [0.2, 0.25) is 0 Å². The van der Waals surface area contributed by atoms with Crippen molar-refractivity contribution in [3.05, 3.63) is 152 Å². The molecule has 0 saturated heterocycles. The van der Waals surface area contributed by atoms with Crippen LogP contribution in [0.25, 0.3) is 0 Å². The molecular formula is C56H87N7. The van der Waals surface area contributed by atoms with Gasteiger partial charge in [0.15, 0.2) is 0 Å². The summed E-state index contributed by atoms with van der Waals surface area (Å²) in [7, 11) is 3.94. The molecule has 5 aromatic heterocycles. The Balaban J connectivity index is 0.000000379. The second-order valence-corrected chi connectivity index (χ2v) is 18.1.